The summed E-state index contributed by atoms with van der Waals surface area (Å²) in [6.07, 6.45) is 0. The summed E-state index contributed by atoms with van der Waals surface area (Å²) < 4.78 is 28.8. The maximum atomic E-state index is 13.0. The molecule has 10 nitrogen and oxygen atoms in total. The smallest absolute Gasteiger partial charge is 0.251 e. The Balaban J connectivity index is 1.52. The predicted molar refractivity (Wildman–Crippen MR) is 169 cm³/mol. The monoisotopic (exact) mass is 620 g/mol. The molecule has 2 amide bonds. The summed E-state index contributed by atoms with van der Waals surface area (Å²) in [5.74, 6) is 0.0531. The normalized spacial score (nSPS) is 11.5. The summed E-state index contributed by atoms with van der Waals surface area (Å²) in [7, 11) is -3.62. The zero-order valence-electron chi connectivity index (χ0n) is 24.9. The lowest BCUT2D eigenvalue weighted by molar-refractivity contribution is -0.113. The number of benzene rings is 3. The minimum Gasteiger partial charge on any atom is -0.345 e. The third-order valence-electron chi connectivity index (χ3n) is 7.02. The van der Waals surface area contributed by atoms with Gasteiger partial charge in [-0.2, -0.15) is 4.31 Å². The van der Waals surface area contributed by atoms with Crippen molar-refractivity contribution in [1.82, 2.24) is 24.4 Å². The fraction of sp³-hybridized carbons (Fsp3) is 0.290. The highest BCUT2D eigenvalue weighted by molar-refractivity contribution is 7.99. The van der Waals surface area contributed by atoms with Crippen molar-refractivity contribution < 1.29 is 18.0 Å². The molecule has 1 heterocycles. The van der Waals surface area contributed by atoms with Gasteiger partial charge in [0, 0.05) is 24.3 Å². The number of anilines is 1. The van der Waals surface area contributed by atoms with E-state index in [1.54, 1.807) is 13.8 Å². The molecule has 4 rings (SSSR count). The minimum absolute atomic E-state index is 0.0642. The molecule has 12 heteroatoms. The lowest BCUT2D eigenvalue weighted by Gasteiger charge is -2.18. The van der Waals surface area contributed by atoms with Gasteiger partial charge in [-0.05, 0) is 79.9 Å². The average molecular weight is 621 g/mol. The van der Waals surface area contributed by atoms with E-state index >= 15 is 0 Å². The van der Waals surface area contributed by atoms with Gasteiger partial charge in [0.25, 0.3) is 5.91 Å². The Hall–Kier alpha value is -4.00. The molecule has 0 fully saturated rings. The van der Waals surface area contributed by atoms with Gasteiger partial charge in [-0.3, -0.25) is 14.2 Å². The Morgan fingerprint density at radius 3 is 2.30 bits per heavy atom. The highest BCUT2D eigenvalue weighted by atomic mass is 32.2. The number of carbonyl (C=O) groups is 2. The molecule has 1 aromatic heterocycles. The van der Waals surface area contributed by atoms with E-state index in [9.17, 15) is 18.0 Å². The maximum absolute atomic E-state index is 13.0. The number of aromatic nitrogens is 3. The molecule has 0 atom stereocenters. The average Bonchev–Trinajstić information content (AvgIpc) is 3.39. The van der Waals surface area contributed by atoms with Gasteiger partial charge < -0.3 is 10.6 Å². The number of carbonyl (C=O) groups excluding carboxylic acids is 2. The number of hydrogen-bond acceptors (Lipinski definition) is 7. The molecule has 0 aliphatic carbocycles. The first kappa shape index (κ1) is 31.9. The zero-order valence-corrected chi connectivity index (χ0v) is 26.6. The van der Waals surface area contributed by atoms with E-state index in [0.717, 1.165) is 28.1 Å². The molecule has 0 saturated carbocycles. The Kier molecular flexibility index (Phi) is 10.4. The topological polar surface area (TPSA) is 126 Å². The van der Waals surface area contributed by atoms with E-state index < -0.39 is 10.0 Å². The van der Waals surface area contributed by atoms with E-state index in [2.05, 4.69) is 20.8 Å². The van der Waals surface area contributed by atoms with Crippen LogP contribution in [0.25, 0.3) is 5.69 Å². The van der Waals surface area contributed by atoms with Crippen molar-refractivity contribution in [3.05, 3.63) is 94.8 Å². The van der Waals surface area contributed by atoms with Crippen molar-refractivity contribution >= 4 is 39.3 Å². The molecule has 0 bridgehead atoms. The number of hydrogen-bond donors (Lipinski definition) is 2. The molecular weight excluding hydrogens is 585 g/mol. The van der Waals surface area contributed by atoms with Crippen LogP contribution in [0, 0.1) is 20.8 Å². The Morgan fingerprint density at radius 2 is 1.63 bits per heavy atom. The molecule has 0 spiro atoms. The number of thioether (sulfide) groups is 1. The van der Waals surface area contributed by atoms with E-state index in [1.807, 2.05) is 67.8 Å². The first-order chi connectivity index (χ1) is 20.5. The van der Waals surface area contributed by atoms with E-state index in [0.29, 0.717) is 29.6 Å². The molecule has 3 aromatic carbocycles. The third-order valence-corrected chi connectivity index (χ3v) is 10.0. The van der Waals surface area contributed by atoms with Crippen molar-refractivity contribution in [2.45, 2.75) is 51.2 Å². The van der Waals surface area contributed by atoms with Crippen LogP contribution < -0.4 is 10.6 Å². The molecule has 0 saturated heterocycles. The number of amides is 2. The number of nitrogens with one attached hydrogen (secondary N) is 2. The highest BCUT2D eigenvalue weighted by Crippen LogP contribution is 2.26. The van der Waals surface area contributed by atoms with Crippen LogP contribution in [0.4, 0.5) is 5.69 Å². The van der Waals surface area contributed by atoms with Gasteiger partial charge in [0.15, 0.2) is 11.0 Å². The first-order valence-electron chi connectivity index (χ1n) is 13.9. The highest BCUT2D eigenvalue weighted by Gasteiger charge is 2.22. The lowest BCUT2D eigenvalue weighted by Crippen LogP contribution is -2.30. The minimum atomic E-state index is -3.62. The van der Waals surface area contributed by atoms with E-state index in [-0.39, 0.29) is 29.0 Å². The van der Waals surface area contributed by atoms with Gasteiger partial charge in [0.2, 0.25) is 15.9 Å². The molecule has 0 aliphatic rings. The number of rotatable bonds is 12. The lowest BCUT2D eigenvalue weighted by atomic mass is 10.1. The molecular formula is C31H36N6O4S2. The molecule has 226 valence electrons. The number of nitrogens with zero attached hydrogens (tertiary/aromatic N) is 4. The molecule has 0 radical (unpaired) electrons. The van der Waals surface area contributed by atoms with Crippen LogP contribution in [0.2, 0.25) is 0 Å². The number of sulfonamides is 1. The van der Waals surface area contributed by atoms with Crippen LogP contribution in [0.15, 0.2) is 76.8 Å². The zero-order chi connectivity index (χ0) is 31.1. The van der Waals surface area contributed by atoms with Crippen LogP contribution in [-0.2, 0) is 21.4 Å². The van der Waals surface area contributed by atoms with Crippen molar-refractivity contribution in [3.63, 3.8) is 0 Å². The fourth-order valence-corrected chi connectivity index (χ4v) is 6.75. The van der Waals surface area contributed by atoms with E-state index in [1.165, 1.54) is 40.3 Å². The van der Waals surface area contributed by atoms with Crippen LogP contribution in [0.3, 0.4) is 0 Å². The molecule has 2 N–H and O–H groups in total. The van der Waals surface area contributed by atoms with Crippen molar-refractivity contribution in [2.24, 2.45) is 0 Å². The second-order valence-corrected chi connectivity index (χ2v) is 12.8. The number of aryl methyl sites for hydroxylation is 2. The van der Waals surface area contributed by atoms with Crippen molar-refractivity contribution in [3.8, 4) is 5.69 Å². The van der Waals surface area contributed by atoms with Gasteiger partial charge in [0.05, 0.1) is 22.9 Å². The second-order valence-electron chi connectivity index (χ2n) is 9.96. The molecule has 0 unspecified atom stereocenters. The van der Waals surface area contributed by atoms with Crippen molar-refractivity contribution in [1.29, 1.82) is 0 Å². The summed E-state index contributed by atoms with van der Waals surface area (Å²) in [6, 6.07) is 19.4. The Labute approximate surface area is 257 Å². The van der Waals surface area contributed by atoms with E-state index in [4.69, 9.17) is 0 Å². The predicted octanol–water partition coefficient (Wildman–Crippen LogP) is 4.88. The quantitative estimate of drug-likeness (QED) is 0.216. The standard InChI is InChI=1S/C31H36N6O4S2/c1-6-36(7-2)43(40,41)26-16-14-24(15-17-26)30(39)32-19-28-34-35-31(37(28)27-13-9-11-22(4)23(27)5)42-20-29(38)33-25-12-8-10-21(3)18-25/h8-18H,6-7,19-20H2,1-5H3,(H,32,39)(H,33,38). The van der Waals surface area contributed by atoms with Gasteiger partial charge in [-0.15, -0.1) is 10.2 Å². The third kappa shape index (κ3) is 7.51. The summed E-state index contributed by atoms with van der Waals surface area (Å²) >= 11 is 1.25. The van der Waals surface area contributed by atoms with Crippen LogP contribution in [-0.4, -0.2) is 58.1 Å². The molecule has 43 heavy (non-hydrogen) atoms. The van der Waals surface area contributed by atoms with Gasteiger partial charge in [0.1, 0.15) is 0 Å². The fourth-order valence-electron chi connectivity index (χ4n) is 4.53. The van der Waals surface area contributed by atoms with Gasteiger partial charge >= 0.3 is 0 Å². The summed E-state index contributed by atoms with van der Waals surface area (Å²) in [4.78, 5) is 25.9. The summed E-state index contributed by atoms with van der Waals surface area (Å²) in [5, 5.41) is 15.0. The summed E-state index contributed by atoms with van der Waals surface area (Å²) in [6.45, 7) is 10.3. The second kappa shape index (κ2) is 14.0. The SMILES string of the molecule is CCN(CC)S(=O)(=O)c1ccc(C(=O)NCc2nnc(SCC(=O)Nc3cccc(C)c3)n2-c2cccc(C)c2C)cc1. The van der Waals surface area contributed by atoms with Crippen LogP contribution in [0.1, 0.15) is 46.7 Å². The largest absolute Gasteiger partial charge is 0.345 e. The summed E-state index contributed by atoms with van der Waals surface area (Å²) in [5.41, 5.74) is 5.04. The van der Waals surface area contributed by atoms with Gasteiger partial charge in [-0.1, -0.05) is 49.9 Å². The Morgan fingerprint density at radius 1 is 0.930 bits per heavy atom. The van der Waals surface area contributed by atoms with Crippen LogP contribution >= 0.6 is 11.8 Å². The van der Waals surface area contributed by atoms with Crippen LogP contribution in [0.5, 0.6) is 0 Å². The molecule has 0 aliphatic heterocycles. The maximum Gasteiger partial charge on any atom is 0.251 e. The first-order valence-corrected chi connectivity index (χ1v) is 16.4. The Bertz CT molecular complexity index is 1710. The molecule has 4 aromatic rings. The van der Waals surface area contributed by atoms with Crippen molar-refractivity contribution in [2.75, 3.05) is 24.2 Å². The van der Waals surface area contributed by atoms with Gasteiger partial charge in [-0.25, -0.2) is 8.42 Å².